The van der Waals surface area contributed by atoms with Crippen molar-refractivity contribution in [2.24, 2.45) is 17.8 Å². The molecule has 0 saturated carbocycles. The molecule has 0 aliphatic carbocycles. The molecule has 0 aromatic carbocycles. The van der Waals surface area contributed by atoms with Gasteiger partial charge in [-0.2, -0.15) is 33.1 Å². The topological polar surface area (TPSA) is 143 Å². The van der Waals surface area contributed by atoms with Crippen molar-refractivity contribution in [1.29, 1.82) is 0 Å². The third kappa shape index (κ3) is 114. The molecule has 0 bridgehead atoms. The Morgan fingerprint density at radius 2 is 0.459 bits per heavy atom. The number of hydrogen-bond acceptors (Lipinski definition) is 6. The zero-order valence-electron chi connectivity index (χ0n) is 50.8. The zero-order chi connectivity index (χ0) is 57.6. The van der Waals surface area contributed by atoms with Crippen molar-refractivity contribution in [1.82, 2.24) is 0 Å². The van der Waals surface area contributed by atoms with Crippen LogP contribution in [0.4, 0.5) is 0 Å². The first-order valence-corrected chi connectivity index (χ1v) is 30.9. The molecule has 9 heteroatoms. The van der Waals surface area contributed by atoms with Gasteiger partial charge in [-0.1, -0.05) is 305 Å². The van der Waals surface area contributed by atoms with Gasteiger partial charge in [0.05, 0.1) is 0 Å². The first kappa shape index (κ1) is 85.9. The van der Waals surface area contributed by atoms with E-state index >= 15 is 0 Å². The fourth-order valence-electron chi connectivity index (χ4n) is 7.55. The molecule has 0 atom stereocenters. The summed E-state index contributed by atoms with van der Waals surface area (Å²) in [5, 5.41) is 15.8. The number of carbonyl (C=O) groups excluding carboxylic acids is 3. The number of unbranched alkanes of at least 4 members (excludes halogenated alkanes) is 36. The Morgan fingerprint density at radius 3 is 0.554 bits per heavy atom. The SMILES string of the molecule is C=C(C)C(=O)O.C=C(C)C(=O)O.CC(C)CCCCCCCCCCCCCC[C-]=O.CC(C)CCCCCCCCCCCCCC[C-]=O.CC(C)CCCCCCCCCCCCCC[C-]=O.C[CH-]C.[O]=[Ti]. The van der Waals surface area contributed by atoms with E-state index in [2.05, 4.69) is 54.7 Å². The molecule has 0 radical (unpaired) electrons. The first-order valence-electron chi connectivity index (χ1n) is 30.3. The molecule has 0 unspecified atom stereocenters. The van der Waals surface area contributed by atoms with Gasteiger partial charge in [-0.3, -0.25) is 18.9 Å². The molecule has 0 aliphatic rings. The third-order valence-electron chi connectivity index (χ3n) is 12.2. The van der Waals surface area contributed by atoms with E-state index < -0.39 is 11.9 Å². The Bertz CT molecular complexity index is 978. The van der Waals surface area contributed by atoms with E-state index in [1.54, 1.807) is 0 Å². The molecule has 0 fully saturated rings. The van der Waals surface area contributed by atoms with Crippen LogP contribution in [0.5, 0.6) is 0 Å². The van der Waals surface area contributed by atoms with Gasteiger partial charge in [0.2, 0.25) is 0 Å². The van der Waals surface area contributed by atoms with Crippen molar-refractivity contribution < 1.29 is 57.9 Å². The number of aliphatic carboxylic acids is 2. The van der Waals surface area contributed by atoms with E-state index in [-0.39, 0.29) is 11.1 Å². The van der Waals surface area contributed by atoms with E-state index in [1.807, 2.05) is 39.1 Å². The summed E-state index contributed by atoms with van der Waals surface area (Å²) in [5.74, 6) is 0.767. The molecule has 0 rings (SSSR count). The van der Waals surface area contributed by atoms with E-state index in [9.17, 15) is 24.0 Å². The van der Waals surface area contributed by atoms with Crippen molar-refractivity contribution in [2.45, 2.75) is 339 Å². The first-order chi connectivity index (χ1) is 35.5. The van der Waals surface area contributed by atoms with Crippen LogP contribution in [0.1, 0.15) is 339 Å². The summed E-state index contributed by atoms with van der Waals surface area (Å²) < 4.78 is 8.25. The van der Waals surface area contributed by atoms with Gasteiger partial charge in [0.25, 0.3) is 0 Å². The normalized spacial score (nSPS) is 10.1. The van der Waals surface area contributed by atoms with E-state index in [0.29, 0.717) is 19.3 Å². The monoisotopic (exact) mass is 1080 g/mol. The van der Waals surface area contributed by atoms with Crippen LogP contribution in [0.2, 0.25) is 0 Å². The van der Waals surface area contributed by atoms with Gasteiger partial charge in [-0.15, -0.1) is 0 Å². The molecule has 440 valence electrons. The summed E-state index contributed by atoms with van der Waals surface area (Å²) in [4.78, 5) is 49.2. The third-order valence-corrected chi connectivity index (χ3v) is 12.2. The molecule has 2 N–H and O–H groups in total. The van der Waals surface area contributed by atoms with Crippen LogP contribution < -0.4 is 0 Å². The van der Waals surface area contributed by atoms with Gasteiger partial charge >= 0.3 is 35.7 Å². The summed E-state index contributed by atoms with van der Waals surface area (Å²) >= 11 is 0.750. The van der Waals surface area contributed by atoms with Crippen LogP contribution in [-0.2, 0) is 47.7 Å². The van der Waals surface area contributed by atoms with Crippen LogP contribution in [0.25, 0.3) is 0 Å². The average molecular weight is 1080 g/mol. The number of carboxylic acid groups (broad SMARTS) is 2. The number of carboxylic acids is 2. The van der Waals surface area contributed by atoms with Gasteiger partial charge in [0.1, 0.15) is 0 Å². The Balaban J connectivity index is -0.000000157. The summed E-state index contributed by atoms with van der Waals surface area (Å²) in [6, 6.07) is 0. The van der Waals surface area contributed by atoms with Crippen LogP contribution in [0.15, 0.2) is 24.3 Å². The second kappa shape index (κ2) is 82.3. The second-order valence-electron chi connectivity index (χ2n) is 21.7. The summed E-state index contributed by atoms with van der Waals surface area (Å²) in [6.07, 6.45) is 62.9. The minimum atomic E-state index is -0.935. The fraction of sp³-hybridized carbons (Fsp3) is 0.846. The van der Waals surface area contributed by atoms with E-state index in [1.165, 1.54) is 245 Å². The molecule has 0 aromatic heterocycles. The van der Waals surface area contributed by atoms with Crippen LogP contribution in [0, 0.1) is 24.2 Å². The molecular formula is C65H124O8Ti-4. The van der Waals surface area contributed by atoms with Crippen molar-refractivity contribution in [2.75, 3.05) is 0 Å². The van der Waals surface area contributed by atoms with Gasteiger partial charge in [0, 0.05) is 11.1 Å². The standard InChI is InChI=1S/3C18H35O.2C4H6O2.C3H7.O.Ti/c3*1-18(2)16-14-12-10-8-6-4-3-5-7-9-11-13-15-17-19;2*1-3(2)4(5)6;1-3-2;;/h3*18H,3-16H2,1-2H3;2*1H2,2H3,(H,5,6);3H,1-2H3;;/q3*-1;;;-1;;. The van der Waals surface area contributed by atoms with Crippen LogP contribution in [0.3, 0.4) is 0 Å². The maximum absolute atomic E-state index is 10.0. The summed E-state index contributed by atoms with van der Waals surface area (Å²) in [7, 11) is 0. The van der Waals surface area contributed by atoms with Gasteiger partial charge in [-0.25, -0.2) is 9.59 Å². The summed E-state index contributed by atoms with van der Waals surface area (Å²) in [5.41, 5.74) is 0.352. The minimum absolute atomic E-state index is 0.176. The predicted molar refractivity (Wildman–Crippen MR) is 317 cm³/mol. The number of hydrogen-bond donors (Lipinski definition) is 2. The zero-order valence-corrected chi connectivity index (χ0v) is 52.3. The van der Waals surface area contributed by atoms with Crippen molar-refractivity contribution in [3.8, 4) is 0 Å². The van der Waals surface area contributed by atoms with E-state index in [4.69, 9.17) is 13.5 Å². The van der Waals surface area contributed by atoms with Crippen LogP contribution in [-0.4, -0.2) is 41.0 Å². The Kier molecular flexibility index (Phi) is 95.5. The Labute approximate surface area is 473 Å². The number of rotatable bonds is 47. The molecule has 0 saturated heterocycles. The fourth-order valence-corrected chi connectivity index (χ4v) is 7.55. The predicted octanol–water partition coefficient (Wildman–Crippen LogP) is 21.0. The molecule has 8 nitrogen and oxygen atoms in total. The van der Waals surface area contributed by atoms with Crippen molar-refractivity contribution in [3.63, 3.8) is 0 Å². The number of carbonyl (C=O) groups is 2. The molecule has 0 aliphatic heterocycles. The second-order valence-corrected chi connectivity index (χ2v) is 21.7. The quantitative estimate of drug-likeness (QED) is 0.0265. The molecule has 0 aromatic rings. The molecule has 0 spiro atoms. The molecule has 0 amide bonds. The van der Waals surface area contributed by atoms with E-state index in [0.717, 1.165) is 57.4 Å². The van der Waals surface area contributed by atoms with Crippen LogP contribution >= 0.6 is 0 Å². The van der Waals surface area contributed by atoms with Gasteiger partial charge in [0.15, 0.2) is 0 Å². The molecule has 0 heterocycles. The van der Waals surface area contributed by atoms with Crippen molar-refractivity contribution in [3.05, 3.63) is 30.7 Å². The Morgan fingerprint density at radius 1 is 0.351 bits per heavy atom. The van der Waals surface area contributed by atoms with Crippen molar-refractivity contribution >= 4 is 30.8 Å². The molecular weight excluding hydrogens is 957 g/mol. The molecule has 74 heavy (non-hydrogen) atoms. The maximum atomic E-state index is 10.0. The average Bonchev–Trinajstić information content (AvgIpc) is 3.35. The van der Waals surface area contributed by atoms with Gasteiger partial charge < -0.3 is 31.0 Å². The van der Waals surface area contributed by atoms with Gasteiger partial charge in [-0.05, 0) is 31.6 Å². The Hall–Kier alpha value is -2.06. The summed E-state index contributed by atoms with van der Waals surface area (Å²) in [6.45, 7) is 27.1.